The number of carbonyl (C=O) groups is 2. The molecule has 0 saturated heterocycles. The maximum Gasteiger partial charge on any atom is 0.234 e. The molecule has 0 spiro atoms. The Morgan fingerprint density at radius 1 is 1.36 bits per heavy atom. The van der Waals surface area contributed by atoms with E-state index in [2.05, 4.69) is 0 Å². The third-order valence-electron chi connectivity index (χ3n) is 1.40. The Labute approximate surface area is 66.1 Å². The van der Waals surface area contributed by atoms with Crippen molar-refractivity contribution >= 4 is 11.7 Å². The van der Waals surface area contributed by atoms with Crippen LogP contribution in [0.15, 0.2) is 0 Å². The number of hydrazine groups is 1. The molecule has 0 radical (unpaired) electrons. The van der Waals surface area contributed by atoms with E-state index in [-0.39, 0.29) is 30.4 Å². The van der Waals surface area contributed by atoms with Crippen LogP contribution in [-0.4, -0.2) is 11.7 Å². The molecule has 0 saturated carbocycles. The van der Waals surface area contributed by atoms with E-state index >= 15 is 0 Å². The molecule has 0 heterocycles. The zero-order valence-corrected chi connectivity index (χ0v) is 6.89. The maximum atomic E-state index is 10.9. The van der Waals surface area contributed by atoms with E-state index in [1.54, 1.807) is 0 Å². The lowest BCUT2D eigenvalue weighted by Crippen LogP contribution is -2.30. The van der Waals surface area contributed by atoms with E-state index < -0.39 is 0 Å². The van der Waals surface area contributed by atoms with E-state index in [9.17, 15) is 9.59 Å². The molecule has 4 nitrogen and oxygen atoms in total. The van der Waals surface area contributed by atoms with Crippen LogP contribution in [0, 0.1) is 5.92 Å². The number of carbonyl (C=O) groups excluding carboxylic acids is 2. The van der Waals surface area contributed by atoms with Gasteiger partial charge in [-0.05, 0) is 0 Å². The molecule has 0 atom stereocenters. The van der Waals surface area contributed by atoms with Gasteiger partial charge in [-0.1, -0.05) is 13.8 Å². The smallest absolute Gasteiger partial charge is 0.234 e. The summed E-state index contributed by atoms with van der Waals surface area (Å²) in [5, 5.41) is 0. The second-order valence-electron chi connectivity index (χ2n) is 2.69. The molecule has 0 fully saturated rings. The van der Waals surface area contributed by atoms with E-state index in [1.807, 2.05) is 19.3 Å². The van der Waals surface area contributed by atoms with Gasteiger partial charge in [0.1, 0.15) is 5.78 Å². The molecule has 0 aromatic rings. The Balaban J connectivity index is 3.54. The molecule has 1 amide bonds. The maximum absolute atomic E-state index is 10.9. The number of hydrogen-bond donors (Lipinski definition) is 2. The van der Waals surface area contributed by atoms with Gasteiger partial charge in [-0.3, -0.25) is 15.0 Å². The average Bonchev–Trinajstić information content (AvgIpc) is 1.99. The Hall–Kier alpha value is -0.900. The van der Waals surface area contributed by atoms with E-state index in [1.165, 1.54) is 0 Å². The van der Waals surface area contributed by atoms with Crippen molar-refractivity contribution < 1.29 is 9.59 Å². The Morgan fingerprint density at radius 2 is 1.91 bits per heavy atom. The van der Waals surface area contributed by atoms with Crippen molar-refractivity contribution in [1.29, 1.82) is 0 Å². The zero-order chi connectivity index (χ0) is 8.85. The van der Waals surface area contributed by atoms with Gasteiger partial charge in [-0.15, -0.1) is 0 Å². The average molecular weight is 158 g/mol. The lowest BCUT2D eigenvalue weighted by molar-refractivity contribution is -0.126. The molecule has 0 aromatic heterocycles. The van der Waals surface area contributed by atoms with Crippen molar-refractivity contribution in [1.82, 2.24) is 5.43 Å². The van der Waals surface area contributed by atoms with Crippen LogP contribution in [-0.2, 0) is 9.59 Å². The highest BCUT2D eigenvalue weighted by Gasteiger charge is 2.08. The van der Waals surface area contributed by atoms with Gasteiger partial charge in [0, 0.05) is 18.8 Å². The monoisotopic (exact) mass is 158 g/mol. The summed E-state index contributed by atoms with van der Waals surface area (Å²) in [6.45, 7) is 3.62. The first-order valence-corrected chi connectivity index (χ1v) is 3.60. The molecule has 0 aliphatic rings. The fourth-order valence-electron chi connectivity index (χ4n) is 0.598. The van der Waals surface area contributed by atoms with Gasteiger partial charge in [0.25, 0.3) is 0 Å². The number of hydrogen-bond acceptors (Lipinski definition) is 3. The molecule has 64 valence electrons. The lowest BCUT2D eigenvalue weighted by atomic mass is 10.0. The number of rotatable bonds is 4. The van der Waals surface area contributed by atoms with Crippen LogP contribution >= 0.6 is 0 Å². The molecule has 0 unspecified atom stereocenters. The molecular formula is C7H14N2O2. The minimum absolute atomic E-state index is 0.000532. The zero-order valence-electron chi connectivity index (χ0n) is 6.89. The van der Waals surface area contributed by atoms with Crippen LogP contribution in [0.25, 0.3) is 0 Å². The lowest BCUT2D eigenvalue weighted by Gasteiger charge is -2.01. The highest BCUT2D eigenvalue weighted by molar-refractivity contribution is 5.85. The van der Waals surface area contributed by atoms with Crippen molar-refractivity contribution in [3.05, 3.63) is 0 Å². The minimum Gasteiger partial charge on any atom is -0.299 e. The molecule has 0 rings (SSSR count). The van der Waals surface area contributed by atoms with Crippen LogP contribution in [0.3, 0.4) is 0 Å². The molecule has 0 aliphatic carbocycles. The summed E-state index contributed by atoms with van der Waals surface area (Å²) in [7, 11) is 0. The summed E-state index contributed by atoms with van der Waals surface area (Å²) in [5.74, 6) is 4.62. The number of nitrogens with one attached hydrogen (secondary N) is 1. The van der Waals surface area contributed by atoms with Crippen LogP contribution < -0.4 is 11.3 Å². The van der Waals surface area contributed by atoms with E-state index in [0.717, 1.165) is 0 Å². The number of ketones is 1. The first-order chi connectivity index (χ1) is 5.07. The fourth-order valence-corrected chi connectivity index (χ4v) is 0.598. The topological polar surface area (TPSA) is 72.2 Å². The van der Waals surface area contributed by atoms with Gasteiger partial charge in [0.05, 0.1) is 0 Å². The first-order valence-electron chi connectivity index (χ1n) is 3.60. The van der Waals surface area contributed by atoms with Crippen molar-refractivity contribution in [2.75, 3.05) is 0 Å². The fraction of sp³-hybridized carbons (Fsp3) is 0.714. The van der Waals surface area contributed by atoms with E-state index in [4.69, 9.17) is 5.84 Å². The highest BCUT2D eigenvalue weighted by Crippen LogP contribution is 2.00. The van der Waals surface area contributed by atoms with E-state index in [0.29, 0.717) is 0 Å². The number of nitrogens with two attached hydrogens (primary N) is 1. The Morgan fingerprint density at radius 3 is 2.27 bits per heavy atom. The first kappa shape index (κ1) is 10.1. The predicted molar refractivity (Wildman–Crippen MR) is 41.4 cm³/mol. The normalized spacial score (nSPS) is 9.82. The Kier molecular flexibility index (Phi) is 4.45. The number of Topliss-reactive ketones (excluding diaryl/α,β-unsaturated/α-hetero) is 1. The summed E-state index contributed by atoms with van der Waals surface area (Å²) in [5.41, 5.74) is 1.97. The standard InChI is InChI=1S/C7H14N2O2/c1-5(2)6(10)3-4-7(11)9-8/h5H,3-4,8H2,1-2H3,(H,9,11). The molecule has 0 bridgehead atoms. The molecular weight excluding hydrogens is 144 g/mol. The largest absolute Gasteiger partial charge is 0.299 e. The van der Waals surface area contributed by atoms with Crippen molar-refractivity contribution in [3.8, 4) is 0 Å². The predicted octanol–water partition coefficient (Wildman–Crippen LogP) is -0.0184. The van der Waals surface area contributed by atoms with Crippen molar-refractivity contribution in [2.24, 2.45) is 11.8 Å². The van der Waals surface area contributed by atoms with Crippen LogP contribution in [0.1, 0.15) is 26.7 Å². The summed E-state index contributed by atoms with van der Waals surface area (Å²) in [4.78, 5) is 21.5. The van der Waals surface area contributed by atoms with Gasteiger partial charge in [-0.2, -0.15) is 0 Å². The summed E-state index contributed by atoms with van der Waals surface area (Å²) < 4.78 is 0. The van der Waals surface area contributed by atoms with Crippen molar-refractivity contribution in [3.63, 3.8) is 0 Å². The SMILES string of the molecule is CC(C)C(=O)CCC(=O)NN. The van der Waals surface area contributed by atoms with Crippen LogP contribution in [0.2, 0.25) is 0 Å². The second-order valence-corrected chi connectivity index (χ2v) is 2.69. The van der Waals surface area contributed by atoms with Gasteiger partial charge in [0.2, 0.25) is 5.91 Å². The molecule has 11 heavy (non-hydrogen) atoms. The molecule has 4 heteroatoms. The van der Waals surface area contributed by atoms with Gasteiger partial charge in [0.15, 0.2) is 0 Å². The van der Waals surface area contributed by atoms with Crippen LogP contribution in [0.5, 0.6) is 0 Å². The molecule has 0 aliphatic heterocycles. The third kappa shape index (κ3) is 4.50. The Bertz CT molecular complexity index is 155. The summed E-state index contributed by atoms with van der Waals surface area (Å²) in [6, 6.07) is 0. The van der Waals surface area contributed by atoms with Gasteiger partial charge in [-0.25, -0.2) is 5.84 Å². The second kappa shape index (κ2) is 4.85. The van der Waals surface area contributed by atoms with Crippen LogP contribution in [0.4, 0.5) is 0 Å². The van der Waals surface area contributed by atoms with Crippen molar-refractivity contribution in [2.45, 2.75) is 26.7 Å². The summed E-state index contributed by atoms with van der Waals surface area (Å²) in [6.07, 6.45) is 0.466. The molecule has 0 aromatic carbocycles. The minimum atomic E-state index is -0.293. The highest BCUT2D eigenvalue weighted by atomic mass is 16.2. The number of amides is 1. The van der Waals surface area contributed by atoms with Gasteiger partial charge < -0.3 is 0 Å². The van der Waals surface area contributed by atoms with Gasteiger partial charge >= 0.3 is 0 Å². The quantitative estimate of drug-likeness (QED) is 0.343. The third-order valence-corrected chi connectivity index (χ3v) is 1.40. The molecule has 3 N–H and O–H groups in total. The summed E-state index contributed by atoms with van der Waals surface area (Å²) >= 11 is 0.